The lowest BCUT2D eigenvalue weighted by molar-refractivity contribution is 0.148. The van der Waals surface area contributed by atoms with Gasteiger partial charge in [-0.2, -0.15) is 0 Å². The van der Waals surface area contributed by atoms with E-state index in [4.69, 9.17) is 0 Å². The van der Waals surface area contributed by atoms with E-state index in [1.807, 2.05) is 0 Å². The SMILES string of the molecule is Cc1cccc(CNCCCC(C)(C)CO)c1C. The number of nitrogens with one attached hydrogen (secondary N) is 1. The predicted octanol–water partition coefficient (Wildman–Crippen LogP) is 3.19. The molecule has 2 N–H and O–H groups in total. The van der Waals surface area contributed by atoms with Gasteiger partial charge in [-0.15, -0.1) is 0 Å². The van der Waals surface area contributed by atoms with Crippen molar-refractivity contribution >= 4 is 0 Å². The zero-order valence-electron chi connectivity index (χ0n) is 12.2. The van der Waals surface area contributed by atoms with Gasteiger partial charge in [0, 0.05) is 13.2 Å². The van der Waals surface area contributed by atoms with E-state index in [0.717, 1.165) is 25.9 Å². The van der Waals surface area contributed by atoms with E-state index in [1.165, 1.54) is 16.7 Å². The van der Waals surface area contributed by atoms with E-state index in [9.17, 15) is 5.11 Å². The second-order valence-electron chi connectivity index (χ2n) is 5.96. The highest BCUT2D eigenvalue weighted by atomic mass is 16.3. The second kappa shape index (κ2) is 6.91. The largest absolute Gasteiger partial charge is 0.396 e. The second-order valence-corrected chi connectivity index (χ2v) is 5.96. The molecule has 0 bridgehead atoms. The maximum Gasteiger partial charge on any atom is 0.0482 e. The lowest BCUT2D eigenvalue weighted by Gasteiger charge is -2.21. The van der Waals surface area contributed by atoms with Gasteiger partial charge in [-0.25, -0.2) is 0 Å². The van der Waals surface area contributed by atoms with Crippen LogP contribution in [0.25, 0.3) is 0 Å². The summed E-state index contributed by atoms with van der Waals surface area (Å²) in [6.07, 6.45) is 2.17. The zero-order valence-corrected chi connectivity index (χ0v) is 12.2. The molecule has 0 atom stereocenters. The van der Waals surface area contributed by atoms with Crippen molar-refractivity contribution in [1.29, 1.82) is 0 Å². The number of benzene rings is 1. The molecule has 0 aliphatic rings. The summed E-state index contributed by atoms with van der Waals surface area (Å²) >= 11 is 0. The number of aliphatic hydroxyl groups excluding tert-OH is 1. The first-order chi connectivity index (χ1) is 8.46. The average Bonchev–Trinajstić information content (AvgIpc) is 2.34. The Morgan fingerprint density at radius 1 is 1.22 bits per heavy atom. The third-order valence-corrected chi connectivity index (χ3v) is 3.67. The van der Waals surface area contributed by atoms with Crippen LogP contribution in [0.3, 0.4) is 0 Å². The first-order valence-corrected chi connectivity index (χ1v) is 6.83. The van der Waals surface area contributed by atoms with Gasteiger partial charge in [0.2, 0.25) is 0 Å². The summed E-state index contributed by atoms with van der Waals surface area (Å²) in [6, 6.07) is 6.46. The van der Waals surface area contributed by atoms with Crippen LogP contribution in [0.2, 0.25) is 0 Å². The lowest BCUT2D eigenvalue weighted by Crippen LogP contribution is -2.21. The van der Waals surface area contributed by atoms with Gasteiger partial charge in [0.1, 0.15) is 0 Å². The van der Waals surface area contributed by atoms with Crippen LogP contribution >= 0.6 is 0 Å². The Balaban J connectivity index is 2.28. The molecule has 0 unspecified atom stereocenters. The fourth-order valence-electron chi connectivity index (χ4n) is 2.00. The Morgan fingerprint density at radius 2 is 1.94 bits per heavy atom. The Hall–Kier alpha value is -0.860. The molecule has 102 valence electrons. The topological polar surface area (TPSA) is 32.3 Å². The number of aliphatic hydroxyl groups is 1. The van der Waals surface area contributed by atoms with Crippen molar-refractivity contribution in [2.75, 3.05) is 13.2 Å². The van der Waals surface area contributed by atoms with Crippen molar-refractivity contribution < 1.29 is 5.11 Å². The van der Waals surface area contributed by atoms with Crippen molar-refractivity contribution in [2.45, 2.75) is 47.1 Å². The van der Waals surface area contributed by atoms with Crippen LogP contribution in [-0.2, 0) is 6.54 Å². The first-order valence-electron chi connectivity index (χ1n) is 6.83. The van der Waals surface area contributed by atoms with Gasteiger partial charge in [-0.05, 0) is 55.3 Å². The third-order valence-electron chi connectivity index (χ3n) is 3.67. The van der Waals surface area contributed by atoms with Gasteiger partial charge >= 0.3 is 0 Å². The van der Waals surface area contributed by atoms with Crippen LogP contribution in [0, 0.1) is 19.3 Å². The predicted molar refractivity (Wildman–Crippen MR) is 77.7 cm³/mol. The first kappa shape index (κ1) is 15.2. The Labute approximate surface area is 111 Å². The molecule has 0 saturated carbocycles. The number of hydrogen-bond acceptors (Lipinski definition) is 2. The molecule has 0 saturated heterocycles. The van der Waals surface area contributed by atoms with Crippen molar-refractivity contribution in [3.8, 4) is 0 Å². The summed E-state index contributed by atoms with van der Waals surface area (Å²) in [6.45, 7) is 10.8. The fourth-order valence-corrected chi connectivity index (χ4v) is 2.00. The molecule has 0 aliphatic carbocycles. The van der Waals surface area contributed by atoms with E-state index >= 15 is 0 Å². The minimum Gasteiger partial charge on any atom is -0.396 e. The van der Waals surface area contributed by atoms with Crippen LogP contribution < -0.4 is 5.32 Å². The molecule has 0 spiro atoms. The molecule has 2 heteroatoms. The summed E-state index contributed by atoms with van der Waals surface area (Å²) in [5.74, 6) is 0. The van der Waals surface area contributed by atoms with Crippen LogP contribution in [0.15, 0.2) is 18.2 Å². The van der Waals surface area contributed by atoms with Gasteiger partial charge in [0.25, 0.3) is 0 Å². The molecular formula is C16H27NO. The summed E-state index contributed by atoms with van der Waals surface area (Å²) in [5, 5.41) is 12.7. The highest BCUT2D eigenvalue weighted by Crippen LogP contribution is 2.20. The van der Waals surface area contributed by atoms with Gasteiger partial charge < -0.3 is 10.4 Å². The normalized spacial score (nSPS) is 11.8. The third kappa shape index (κ3) is 4.79. The Morgan fingerprint density at radius 3 is 2.61 bits per heavy atom. The van der Waals surface area contributed by atoms with E-state index in [1.54, 1.807) is 0 Å². The molecule has 1 aromatic rings. The smallest absolute Gasteiger partial charge is 0.0482 e. The highest BCUT2D eigenvalue weighted by Gasteiger charge is 2.15. The molecular weight excluding hydrogens is 222 g/mol. The molecule has 0 fully saturated rings. The molecule has 0 amide bonds. The quantitative estimate of drug-likeness (QED) is 0.727. The van der Waals surface area contributed by atoms with E-state index < -0.39 is 0 Å². The van der Waals surface area contributed by atoms with Crippen molar-refractivity contribution in [2.24, 2.45) is 5.41 Å². The van der Waals surface area contributed by atoms with Crippen molar-refractivity contribution in [3.63, 3.8) is 0 Å². The Kier molecular flexibility index (Phi) is 5.83. The highest BCUT2D eigenvalue weighted by molar-refractivity contribution is 5.32. The fraction of sp³-hybridized carbons (Fsp3) is 0.625. The maximum atomic E-state index is 9.18. The van der Waals surface area contributed by atoms with Gasteiger partial charge in [-0.3, -0.25) is 0 Å². The minimum absolute atomic E-state index is 0.0565. The molecule has 0 aromatic heterocycles. The zero-order chi connectivity index (χ0) is 13.6. The van der Waals surface area contributed by atoms with Crippen LogP contribution in [0.4, 0.5) is 0 Å². The van der Waals surface area contributed by atoms with Crippen LogP contribution in [0.1, 0.15) is 43.4 Å². The van der Waals surface area contributed by atoms with Crippen LogP contribution in [0.5, 0.6) is 0 Å². The number of rotatable bonds is 7. The van der Waals surface area contributed by atoms with Crippen molar-refractivity contribution in [3.05, 3.63) is 34.9 Å². The standard InChI is InChI=1S/C16H27NO/c1-13-7-5-8-15(14(13)2)11-17-10-6-9-16(3,4)12-18/h5,7-8,17-18H,6,9-12H2,1-4H3. The minimum atomic E-state index is 0.0565. The molecule has 0 aliphatic heterocycles. The summed E-state index contributed by atoms with van der Waals surface area (Å²) in [7, 11) is 0. The summed E-state index contributed by atoms with van der Waals surface area (Å²) in [4.78, 5) is 0. The summed E-state index contributed by atoms with van der Waals surface area (Å²) < 4.78 is 0. The molecule has 0 heterocycles. The van der Waals surface area contributed by atoms with Gasteiger partial charge in [0.05, 0.1) is 0 Å². The van der Waals surface area contributed by atoms with E-state index in [0.29, 0.717) is 0 Å². The Bertz CT molecular complexity index is 371. The molecule has 2 nitrogen and oxygen atoms in total. The monoisotopic (exact) mass is 249 g/mol. The van der Waals surface area contributed by atoms with Crippen molar-refractivity contribution in [1.82, 2.24) is 5.32 Å². The molecule has 18 heavy (non-hydrogen) atoms. The average molecular weight is 249 g/mol. The van der Waals surface area contributed by atoms with E-state index in [-0.39, 0.29) is 12.0 Å². The molecule has 0 radical (unpaired) electrons. The summed E-state index contributed by atoms with van der Waals surface area (Å²) in [5.41, 5.74) is 4.19. The number of hydrogen-bond donors (Lipinski definition) is 2. The van der Waals surface area contributed by atoms with Gasteiger partial charge in [0.15, 0.2) is 0 Å². The molecule has 1 aromatic carbocycles. The number of aryl methyl sites for hydroxylation is 1. The maximum absolute atomic E-state index is 9.18. The van der Waals surface area contributed by atoms with Gasteiger partial charge in [-0.1, -0.05) is 32.0 Å². The lowest BCUT2D eigenvalue weighted by atomic mass is 9.89. The van der Waals surface area contributed by atoms with E-state index in [2.05, 4.69) is 51.2 Å². The molecule has 1 rings (SSSR count). The van der Waals surface area contributed by atoms with Crippen LogP contribution in [-0.4, -0.2) is 18.3 Å².